The van der Waals surface area contributed by atoms with Crippen LogP contribution >= 0.6 is 22.7 Å². The van der Waals surface area contributed by atoms with Gasteiger partial charge in [0.15, 0.2) is 0 Å². The van der Waals surface area contributed by atoms with Crippen molar-refractivity contribution in [2.24, 2.45) is 0 Å². The topological polar surface area (TPSA) is 38.3 Å². The molecule has 0 aliphatic rings. The van der Waals surface area contributed by atoms with Crippen LogP contribution in [0.5, 0.6) is 0 Å². The van der Waals surface area contributed by atoms with E-state index in [9.17, 15) is 4.79 Å². The summed E-state index contributed by atoms with van der Waals surface area (Å²) in [6.45, 7) is 2.54. The van der Waals surface area contributed by atoms with E-state index in [0.29, 0.717) is 6.54 Å². The van der Waals surface area contributed by atoms with Crippen molar-refractivity contribution in [1.82, 2.24) is 5.32 Å². The molecule has 0 saturated heterocycles. The number of methoxy groups -OCH3 is 1. The number of hydrogen-bond donors (Lipinski definition) is 1. The summed E-state index contributed by atoms with van der Waals surface area (Å²) in [6, 6.07) is 8.04. The standard InChI is InChI=1S/C15H17NO2S2/c1-11-5-7-14(20-11)13(18-2)10-16-15(17)8-6-12-4-3-9-19-12/h3-9,13H,10H2,1-2H3,(H,16,17)/b8-6+/t13-/m0/s1. The van der Waals surface area contributed by atoms with E-state index in [2.05, 4.69) is 18.3 Å². The number of amides is 1. The number of thiophene rings is 2. The molecule has 1 atom stereocenters. The van der Waals surface area contributed by atoms with Crippen LogP contribution < -0.4 is 5.32 Å². The molecule has 0 saturated carbocycles. The Morgan fingerprint density at radius 2 is 2.30 bits per heavy atom. The lowest BCUT2D eigenvalue weighted by Crippen LogP contribution is -2.27. The third-order valence-electron chi connectivity index (χ3n) is 2.77. The van der Waals surface area contributed by atoms with Crippen LogP contribution in [0.25, 0.3) is 6.08 Å². The van der Waals surface area contributed by atoms with Crippen molar-refractivity contribution in [2.45, 2.75) is 13.0 Å². The second-order valence-corrected chi connectivity index (χ2v) is 6.57. The van der Waals surface area contributed by atoms with E-state index < -0.39 is 0 Å². The predicted molar refractivity (Wildman–Crippen MR) is 85.2 cm³/mol. The minimum atomic E-state index is -0.103. The van der Waals surface area contributed by atoms with Crippen molar-refractivity contribution in [3.63, 3.8) is 0 Å². The lowest BCUT2D eigenvalue weighted by Gasteiger charge is -2.13. The Morgan fingerprint density at radius 1 is 1.45 bits per heavy atom. The summed E-state index contributed by atoms with van der Waals surface area (Å²) in [6.07, 6.45) is 3.28. The summed E-state index contributed by atoms with van der Waals surface area (Å²) in [5.74, 6) is -0.103. The molecule has 1 amide bonds. The molecule has 0 radical (unpaired) electrons. The van der Waals surface area contributed by atoms with Gasteiger partial charge in [0.1, 0.15) is 6.10 Å². The van der Waals surface area contributed by atoms with Crippen LogP contribution in [0.1, 0.15) is 20.7 Å². The highest BCUT2D eigenvalue weighted by molar-refractivity contribution is 7.12. The first-order chi connectivity index (χ1) is 9.69. The van der Waals surface area contributed by atoms with E-state index in [1.807, 2.05) is 29.7 Å². The number of ether oxygens (including phenoxy) is 1. The largest absolute Gasteiger partial charge is 0.374 e. The van der Waals surface area contributed by atoms with Crippen molar-refractivity contribution in [2.75, 3.05) is 13.7 Å². The Bertz CT molecular complexity index is 572. The fourth-order valence-corrected chi connectivity index (χ4v) is 3.30. The predicted octanol–water partition coefficient (Wildman–Crippen LogP) is 3.64. The first kappa shape index (κ1) is 15.0. The second-order valence-electron chi connectivity index (χ2n) is 4.27. The van der Waals surface area contributed by atoms with Gasteiger partial charge in [-0.25, -0.2) is 0 Å². The first-order valence-corrected chi connectivity index (χ1v) is 7.97. The summed E-state index contributed by atoms with van der Waals surface area (Å²) in [5.41, 5.74) is 0. The number of hydrogen-bond acceptors (Lipinski definition) is 4. The molecule has 1 N–H and O–H groups in total. The highest BCUT2D eigenvalue weighted by atomic mass is 32.1. The van der Waals surface area contributed by atoms with E-state index >= 15 is 0 Å². The highest BCUT2D eigenvalue weighted by Gasteiger charge is 2.13. The summed E-state index contributed by atoms with van der Waals surface area (Å²) in [7, 11) is 1.66. The molecule has 0 unspecified atom stereocenters. The molecule has 2 rings (SSSR count). The Morgan fingerprint density at radius 3 is 2.90 bits per heavy atom. The van der Waals surface area contributed by atoms with E-state index in [-0.39, 0.29) is 12.0 Å². The van der Waals surface area contributed by atoms with Crippen LogP contribution in [0.15, 0.2) is 35.7 Å². The highest BCUT2D eigenvalue weighted by Crippen LogP contribution is 2.24. The molecular weight excluding hydrogens is 290 g/mol. The molecule has 20 heavy (non-hydrogen) atoms. The zero-order chi connectivity index (χ0) is 14.4. The van der Waals surface area contributed by atoms with Gasteiger partial charge in [0, 0.05) is 34.4 Å². The Labute approximate surface area is 126 Å². The van der Waals surface area contributed by atoms with Gasteiger partial charge in [-0.3, -0.25) is 4.79 Å². The van der Waals surface area contributed by atoms with E-state index in [1.165, 1.54) is 4.88 Å². The van der Waals surface area contributed by atoms with Crippen LogP contribution in [-0.4, -0.2) is 19.6 Å². The van der Waals surface area contributed by atoms with Gasteiger partial charge in [-0.1, -0.05) is 6.07 Å². The summed E-state index contributed by atoms with van der Waals surface area (Å²) >= 11 is 3.29. The van der Waals surface area contributed by atoms with Crippen molar-refractivity contribution in [3.8, 4) is 0 Å². The molecule has 0 aliphatic carbocycles. The maximum Gasteiger partial charge on any atom is 0.244 e. The molecule has 5 heteroatoms. The summed E-state index contributed by atoms with van der Waals surface area (Å²) in [5, 5.41) is 4.85. The van der Waals surface area contributed by atoms with Gasteiger partial charge in [-0.2, -0.15) is 0 Å². The van der Waals surface area contributed by atoms with Crippen LogP contribution in [-0.2, 0) is 9.53 Å². The lowest BCUT2D eigenvalue weighted by molar-refractivity contribution is -0.117. The Hall–Kier alpha value is -1.43. The third kappa shape index (κ3) is 4.30. The maximum atomic E-state index is 11.7. The first-order valence-electron chi connectivity index (χ1n) is 6.27. The molecule has 0 spiro atoms. The third-order valence-corrected chi connectivity index (χ3v) is 4.70. The molecule has 0 aromatic carbocycles. The summed E-state index contributed by atoms with van der Waals surface area (Å²) in [4.78, 5) is 15.2. The lowest BCUT2D eigenvalue weighted by atomic mass is 10.3. The molecule has 0 aliphatic heterocycles. The van der Waals surface area contributed by atoms with Crippen LogP contribution in [0.3, 0.4) is 0 Å². The minimum Gasteiger partial charge on any atom is -0.374 e. The SMILES string of the molecule is CO[C@@H](CNC(=O)/C=C/c1cccs1)c1ccc(C)s1. The van der Waals surface area contributed by atoms with Gasteiger partial charge < -0.3 is 10.1 Å². The fraction of sp³-hybridized carbons (Fsp3) is 0.267. The number of carbonyl (C=O) groups excluding carboxylic acids is 1. The molecule has 0 fully saturated rings. The summed E-state index contributed by atoms with van der Waals surface area (Å²) < 4.78 is 5.42. The van der Waals surface area contributed by atoms with Crippen molar-refractivity contribution >= 4 is 34.7 Å². The Kier molecular flexibility index (Phi) is 5.52. The van der Waals surface area contributed by atoms with Gasteiger partial charge in [-0.15, -0.1) is 22.7 Å². The second kappa shape index (κ2) is 7.38. The average Bonchev–Trinajstić information content (AvgIpc) is 3.09. The van der Waals surface area contributed by atoms with Crippen molar-refractivity contribution < 1.29 is 9.53 Å². The molecule has 106 valence electrons. The average molecular weight is 307 g/mol. The van der Waals surface area contributed by atoms with E-state index in [4.69, 9.17) is 4.74 Å². The quantitative estimate of drug-likeness (QED) is 0.828. The van der Waals surface area contributed by atoms with Gasteiger partial charge in [0.05, 0.1) is 0 Å². The fourth-order valence-electron chi connectivity index (χ4n) is 1.72. The molecule has 2 heterocycles. The number of nitrogens with one attached hydrogen (secondary N) is 1. The van der Waals surface area contributed by atoms with E-state index in [0.717, 1.165) is 9.75 Å². The van der Waals surface area contributed by atoms with Gasteiger partial charge >= 0.3 is 0 Å². The van der Waals surface area contributed by atoms with Crippen LogP contribution in [0.4, 0.5) is 0 Å². The maximum absolute atomic E-state index is 11.7. The zero-order valence-corrected chi connectivity index (χ0v) is 13.1. The van der Waals surface area contributed by atoms with Crippen molar-refractivity contribution in [3.05, 3.63) is 50.4 Å². The minimum absolute atomic E-state index is 0.0900. The Balaban J connectivity index is 1.85. The van der Waals surface area contributed by atoms with Gasteiger partial charge in [-0.05, 0) is 36.6 Å². The van der Waals surface area contributed by atoms with Crippen molar-refractivity contribution in [1.29, 1.82) is 0 Å². The number of aryl methyl sites for hydroxylation is 1. The van der Waals surface area contributed by atoms with Gasteiger partial charge in [0.25, 0.3) is 0 Å². The number of rotatable bonds is 6. The van der Waals surface area contributed by atoms with Crippen LogP contribution in [0.2, 0.25) is 0 Å². The normalized spacial score (nSPS) is 12.7. The molecule has 2 aromatic heterocycles. The molecular formula is C15H17NO2S2. The monoisotopic (exact) mass is 307 g/mol. The number of carbonyl (C=O) groups is 1. The zero-order valence-electron chi connectivity index (χ0n) is 11.5. The van der Waals surface area contributed by atoms with Crippen LogP contribution in [0, 0.1) is 6.92 Å². The van der Waals surface area contributed by atoms with E-state index in [1.54, 1.807) is 35.9 Å². The molecule has 0 bridgehead atoms. The smallest absolute Gasteiger partial charge is 0.244 e. The van der Waals surface area contributed by atoms with Gasteiger partial charge in [0.2, 0.25) is 5.91 Å². The molecule has 3 nitrogen and oxygen atoms in total. The molecule has 2 aromatic rings.